The second kappa shape index (κ2) is 13.7. The number of benzene rings is 3. The number of piperidine rings is 1. The fourth-order valence-corrected chi connectivity index (χ4v) is 6.01. The molecular weight excluding hydrogens is 691 g/mol. The van der Waals surface area contributed by atoms with Crippen molar-refractivity contribution in [3.05, 3.63) is 99.7 Å². The standard InChI is InChI=1S/C32H24Cl2F4N8O3/c33-24-12-19(3-6-26(24)35)41-28-18(14-39)15-40-30-23(28)11-20(13-25(30)34)42-29(17-1-4-22(5-2-17)49-32(36,37)38)27-16-46(44-43-27)21-7-9-45(10-8-21)31(47)48/h1-6,11-13,15-16,21,29,42H,7-10H2,(H,40,41)(H,47,48). The molecule has 17 heteroatoms. The summed E-state index contributed by atoms with van der Waals surface area (Å²) in [6.07, 6.45) is -1.79. The van der Waals surface area contributed by atoms with Gasteiger partial charge in [-0.15, -0.1) is 18.3 Å². The number of halogens is 6. The van der Waals surface area contributed by atoms with Crippen LogP contribution in [0, 0.1) is 17.1 Å². The molecule has 1 aliphatic heterocycles. The summed E-state index contributed by atoms with van der Waals surface area (Å²) in [5.74, 6) is -1.03. The van der Waals surface area contributed by atoms with Crippen LogP contribution in [0.15, 0.2) is 67.0 Å². The molecule has 1 fully saturated rings. The number of likely N-dealkylation sites (tertiary alicyclic amines) is 1. The molecule has 0 spiro atoms. The Morgan fingerprint density at radius 2 is 1.78 bits per heavy atom. The highest BCUT2D eigenvalue weighted by molar-refractivity contribution is 6.36. The van der Waals surface area contributed by atoms with Crippen molar-refractivity contribution in [2.45, 2.75) is 31.3 Å². The van der Waals surface area contributed by atoms with Crippen molar-refractivity contribution in [3.63, 3.8) is 0 Å². The summed E-state index contributed by atoms with van der Waals surface area (Å²) >= 11 is 12.7. The molecule has 1 aliphatic rings. The predicted octanol–water partition coefficient (Wildman–Crippen LogP) is 8.30. The van der Waals surface area contributed by atoms with Crippen LogP contribution >= 0.6 is 23.2 Å². The van der Waals surface area contributed by atoms with Gasteiger partial charge in [0, 0.05) is 36.0 Å². The molecule has 1 unspecified atom stereocenters. The van der Waals surface area contributed by atoms with Gasteiger partial charge in [0.15, 0.2) is 0 Å². The summed E-state index contributed by atoms with van der Waals surface area (Å²) in [5.41, 5.74) is 2.57. The molecule has 1 amide bonds. The van der Waals surface area contributed by atoms with Gasteiger partial charge in [-0.05, 0) is 60.9 Å². The maximum atomic E-state index is 13.9. The number of hydrogen-bond donors (Lipinski definition) is 3. The summed E-state index contributed by atoms with van der Waals surface area (Å²) < 4.78 is 58.2. The molecule has 1 saturated heterocycles. The van der Waals surface area contributed by atoms with Gasteiger partial charge in [-0.25, -0.2) is 13.9 Å². The quantitative estimate of drug-likeness (QED) is 0.135. The smallest absolute Gasteiger partial charge is 0.465 e. The van der Waals surface area contributed by atoms with E-state index < -0.39 is 30.1 Å². The maximum Gasteiger partial charge on any atom is 0.573 e. The van der Waals surface area contributed by atoms with E-state index in [0.717, 1.165) is 0 Å². The Morgan fingerprint density at radius 3 is 2.43 bits per heavy atom. The number of ether oxygens (including phenoxy) is 1. The van der Waals surface area contributed by atoms with E-state index in [0.29, 0.717) is 65.2 Å². The number of aromatic nitrogens is 4. The van der Waals surface area contributed by atoms with Gasteiger partial charge >= 0.3 is 12.5 Å². The molecule has 11 nitrogen and oxygen atoms in total. The van der Waals surface area contributed by atoms with Crippen LogP contribution in [0.3, 0.4) is 0 Å². The Balaban J connectivity index is 1.38. The van der Waals surface area contributed by atoms with Gasteiger partial charge < -0.3 is 25.4 Å². The summed E-state index contributed by atoms with van der Waals surface area (Å²) in [7, 11) is 0. The minimum absolute atomic E-state index is 0.126. The molecule has 0 bridgehead atoms. The van der Waals surface area contributed by atoms with Crippen molar-refractivity contribution in [2.24, 2.45) is 0 Å². The highest BCUT2D eigenvalue weighted by Crippen LogP contribution is 2.38. The Labute approximate surface area is 285 Å². The van der Waals surface area contributed by atoms with Crippen molar-refractivity contribution in [1.29, 1.82) is 5.26 Å². The van der Waals surface area contributed by atoms with E-state index in [9.17, 15) is 32.7 Å². The molecule has 49 heavy (non-hydrogen) atoms. The van der Waals surface area contributed by atoms with Gasteiger partial charge in [0.2, 0.25) is 0 Å². The number of carbonyl (C=O) groups is 1. The molecule has 0 radical (unpaired) electrons. The summed E-state index contributed by atoms with van der Waals surface area (Å²) in [6.45, 7) is 0.651. The van der Waals surface area contributed by atoms with Crippen LogP contribution in [0.25, 0.3) is 10.9 Å². The Kier molecular flexibility index (Phi) is 9.35. The number of pyridine rings is 1. The second-order valence-electron chi connectivity index (χ2n) is 11.1. The molecular formula is C32H24Cl2F4N8O3. The number of hydrogen-bond acceptors (Lipinski definition) is 8. The molecule has 3 N–H and O–H groups in total. The van der Waals surface area contributed by atoms with Gasteiger partial charge in [-0.1, -0.05) is 40.5 Å². The molecule has 3 aromatic carbocycles. The number of amides is 1. The van der Waals surface area contributed by atoms with Crippen LogP contribution in [0.2, 0.25) is 10.0 Å². The lowest BCUT2D eigenvalue weighted by Gasteiger charge is -2.29. The SMILES string of the molecule is N#Cc1cnc2c(Cl)cc(NC(c3ccc(OC(F)(F)F)cc3)c3cn(C4CCN(C(=O)O)CC4)nn3)cc2c1Nc1ccc(F)c(Cl)c1. The Bertz CT molecular complexity index is 2060. The van der Waals surface area contributed by atoms with E-state index in [1.165, 1.54) is 53.6 Å². The van der Waals surface area contributed by atoms with Crippen molar-refractivity contribution >= 4 is 57.3 Å². The zero-order valence-electron chi connectivity index (χ0n) is 25.0. The monoisotopic (exact) mass is 714 g/mol. The van der Waals surface area contributed by atoms with Gasteiger partial charge in [-0.2, -0.15) is 5.26 Å². The van der Waals surface area contributed by atoms with E-state index in [1.807, 2.05) is 0 Å². The molecule has 2 aromatic heterocycles. The summed E-state index contributed by atoms with van der Waals surface area (Å²) in [6, 6.07) is 13.7. The van der Waals surface area contributed by atoms with E-state index in [1.54, 1.807) is 23.0 Å². The topological polar surface area (TPSA) is 141 Å². The summed E-state index contributed by atoms with van der Waals surface area (Å²) in [5, 5.41) is 34.8. The first-order valence-corrected chi connectivity index (χ1v) is 15.4. The molecule has 6 rings (SSSR count). The molecule has 0 saturated carbocycles. The second-order valence-corrected chi connectivity index (χ2v) is 11.9. The lowest BCUT2D eigenvalue weighted by molar-refractivity contribution is -0.274. The van der Waals surface area contributed by atoms with Crippen molar-refractivity contribution in [1.82, 2.24) is 24.9 Å². The molecule has 3 heterocycles. The normalized spacial score (nSPS) is 14.3. The minimum atomic E-state index is -4.87. The van der Waals surface area contributed by atoms with Crippen molar-refractivity contribution in [3.8, 4) is 11.8 Å². The largest absolute Gasteiger partial charge is 0.573 e. The fraction of sp³-hybridized carbons (Fsp3) is 0.219. The first kappa shape index (κ1) is 33.6. The molecule has 0 aliphatic carbocycles. The van der Waals surface area contributed by atoms with Crippen LogP contribution in [-0.4, -0.2) is 55.5 Å². The third-order valence-corrected chi connectivity index (χ3v) is 8.50. The van der Waals surface area contributed by atoms with Crippen LogP contribution < -0.4 is 15.4 Å². The summed E-state index contributed by atoms with van der Waals surface area (Å²) in [4.78, 5) is 17.0. The number of nitrogens with one attached hydrogen (secondary N) is 2. The third kappa shape index (κ3) is 7.55. The van der Waals surface area contributed by atoms with Gasteiger partial charge in [0.1, 0.15) is 23.3 Å². The fourth-order valence-electron chi connectivity index (χ4n) is 5.56. The Morgan fingerprint density at radius 1 is 1.06 bits per heavy atom. The van der Waals surface area contributed by atoms with Gasteiger partial charge in [0.25, 0.3) is 0 Å². The number of rotatable bonds is 8. The molecule has 252 valence electrons. The number of anilines is 3. The number of alkyl halides is 3. The van der Waals surface area contributed by atoms with Crippen LogP contribution in [-0.2, 0) is 0 Å². The first-order chi connectivity index (χ1) is 23.4. The predicted molar refractivity (Wildman–Crippen MR) is 173 cm³/mol. The Hall–Kier alpha value is -5.33. The number of fused-ring (bicyclic) bond motifs is 1. The van der Waals surface area contributed by atoms with Gasteiger partial charge in [-0.3, -0.25) is 4.98 Å². The lowest BCUT2D eigenvalue weighted by Crippen LogP contribution is -2.38. The van der Waals surface area contributed by atoms with E-state index in [2.05, 4.69) is 36.7 Å². The lowest BCUT2D eigenvalue weighted by atomic mass is 10.0. The zero-order valence-corrected chi connectivity index (χ0v) is 26.6. The number of carboxylic acid groups (broad SMARTS) is 1. The van der Waals surface area contributed by atoms with Crippen LogP contribution in [0.4, 0.5) is 39.4 Å². The van der Waals surface area contributed by atoms with Crippen molar-refractivity contribution < 1.29 is 32.2 Å². The van der Waals surface area contributed by atoms with E-state index in [4.69, 9.17) is 23.2 Å². The number of nitrogens with zero attached hydrogens (tertiary/aromatic N) is 6. The van der Waals surface area contributed by atoms with E-state index >= 15 is 0 Å². The van der Waals surface area contributed by atoms with Gasteiger partial charge in [0.05, 0.1) is 45.1 Å². The third-order valence-electron chi connectivity index (χ3n) is 7.93. The van der Waals surface area contributed by atoms with Crippen molar-refractivity contribution in [2.75, 3.05) is 23.7 Å². The number of nitriles is 1. The molecule has 5 aromatic rings. The molecule has 1 atom stereocenters. The van der Waals surface area contributed by atoms with Crippen LogP contribution in [0.5, 0.6) is 5.75 Å². The maximum absolute atomic E-state index is 13.9. The zero-order chi connectivity index (χ0) is 34.9. The highest BCUT2D eigenvalue weighted by Gasteiger charge is 2.31. The average molecular weight is 715 g/mol. The first-order valence-electron chi connectivity index (χ1n) is 14.6. The van der Waals surface area contributed by atoms with E-state index in [-0.39, 0.29) is 21.7 Å². The minimum Gasteiger partial charge on any atom is -0.465 e. The highest BCUT2D eigenvalue weighted by atomic mass is 35.5. The average Bonchev–Trinajstić information content (AvgIpc) is 3.55. The van der Waals surface area contributed by atoms with Crippen LogP contribution in [0.1, 0.15) is 41.7 Å².